The first-order chi connectivity index (χ1) is 10.4. The lowest BCUT2D eigenvalue weighted by atomic mass is 9.94. The summed E-state index contributed by atoms with van der Waals surface area (Å²) >= 11 is 1.46. The van der Waals surface area contributed by atoms with E-state index >= 15 is 0 Å². The van der Waals surface area contributed by atoms with Crippen molar-refractivity contribution in [3.8, 4) is 0 Å². The van der Waals surface area contributed by atoms with Gasteiger partial charge in [-0.3, -0.25) is 9.59 Å². The van der Waals surface area contributed by atoms with Crippen molar-refractivity contribution in [1.82, 2.24) is 5.32 Å². The van der Waals surface area contributed by atoms with Crippen molar-refractivity contribution >= 4 is 23.6 Å². The quantitative estimate of drug-likeness (QED) is 0.785. The Bertz CT molecular complexity index is 567. The SMILES string of the molecule is Cc1ccc(SCC(=O)NC2(CC(=O)O)CCOC2)c(C)c1. The highest BCUT2D eigenvalue weighted by atomic mass is 32.2. The second-order valence-electron chi connectivity index (χ2n) is 5.76. The second-order valence-corrected chi connectivity index (χ2v) is 6.78. The summed E-state index contributed by atoms with van der Waals surface area (Å²) in [6.07, 6.45) is 0.437. The van der Waals surface area contributed by atoms with Gasteiger partial charge in [-0.15, -0.1) is 11.8 Å². The molecule has 0 aliphatic carbocycles. The van der Waals surface area contributed by atoms with Crippen molar-refractivity contribution in [2.75, 3.05) is 19.0 Å². The molecule has 1 aliphatic rings. The number of amides is 1. The molecular formula is C16H21NO4S. The molecule has 1 aromatic carbocycles. The van der Waals surface area contributed by atoms with Crippen molar-refractivity contribution < 1.29 is 19.4 Å². The van der Waals surface area contributed by atoms with Gasteiger partial charge in [0.1, 0.15) is 0 Å². The standard InChI is InChI=1S/C16H21NO4S/c1-11-3-4-13(12(2)7-11)22-9-14(18)17-16(8-15(19)20)5-6-21-10-16/h3-4,7H,5-6,8-10H2,1-2H3,(H,17,18)(H,19,20). The Morgan fingerprint density at radius 2 is 2.18 bits per heavy atom. The number of carboxylic acids is 1. The summed E-state index contributed by atoms with van der Waals surface area (Å²) in [5, 5.41) is 11.9. The van der Waals surface area contributed by atoms with Crippen LogP contribution in [0.3, 0.4) is 0 Å². The summed E-state index contributed by atoms with van der Waals surface area (Å²) < 4.78 is 5.27. The average molecular weight is 323 g/mol. The van der Waals surface area contributed by atoms with Gasteiger partial charge in [0.05, 0.1) is 24.3 Å². The van der Waals surface area contributed by atoms with Gasteiger partial charge in [0, 0.05) is 11.5 Å². The Balaban J connectivity index is 1.92. The van der Waals surface area contributed by atoms with Crippen molar-refractivity contribution in [1.29, 1.82) is 0 Å². The predicted octanol–water partition coefficient (Wildman–Crippen LogP) is 2.15. The van der Waals surface area contributed by atoms with E-state index in [0.717, 1.165) is 10.5 Å². The molecule has 0 radical (unpaired) electrons. The van der Waals surface area contributed by atoms with Crippen LogP contribution in [0.25, 0.3) is 0 Å². The lowest BCUT2D eigenvalue weighted by molar-refractivity contribution is -0.139. The van der Waals surface area contributed by atoms with Gasteiger partial charge >= 0.3 is 5.97 Å². The largest absolute Gasteiger partial charge is 0.481 e. The molecule has 1 amide bonds. The maximum atomic E-state index is 12.2. The number of rotatable bonds is 6. The fourth-order valence-electron chi connectivity index (χ4n) is 2.62. The average Bonchev–Trinajstić information content (AvgIpc) is 2.84. The highest BCUT2D eigenvalue weighted by Crippen LogP contribution is 2.25. The Morgan fingerprint density at radius 1 is 1.41 bits per heavy atom. The third-order valence-electron chi connectivity index (χ3n) is 3.69. The molecule has 0 bridgehead atoms. The Kier molecular flexibility index (Phi) is 5.47. The van der Waals surface area contributed by atoms with Crippen molar-refractivity contribution in [2.24, 2.45) is 0 Å². The van der Waals surface area contributed by atoms with Crippen LogP contribution in [0.1, 0.15) is 24.0 Å². The van der Waals surface area contributed by atoms with E-state index in [2.05, 4.69) is 11.4 Å². The van der Waals surface area contributed by atoms with Gasteiger partial charge in [0.15, 0.2) is 0 Å². The molecule has 120 valence electrons. The molecule has 1 aromatic rings. The van der Waals surface area contributed by atoms with E-state index in [9.17, 15) is 9.59 Å². The number of aliphatic carboxylic acids is 1. The van der Waals surface area contributed by atoms with E-state index in [1.165, 1.54) is 17.3 Å². The minimum Gasteiger partial charge on any atom is -0.481 e. The van der Waals surface area contributed by atoms with Crippen molar-refractivity contribution in [3.63, 3.8) is 0 Å². The van der Waals surface area contributed by atoms with Crippen LogP contribution in [-0.4, -0.2) is 41.5 Å². The Hall–Kier alpha value is -1.53. The van der Waals surface area contributed by atoms with E-state index in [1.54, 1.807) is 0 Å². The molecule has 2 N–H and O–H groups in total. The van der Waals surface area contributed by atoms with Crippen LogP contribution in [0.4, 0.5) is 0 Å². The van der Waals surface area contributed by atoms with E-state index < -0.39 is 11.5 Å². The van der Waals surface area contributed by atoms with E-state index in [-0.39, 0.29) is 24.7 Å². The molecule has 5 nitrogen and oxygen atoms in total. The van der Waals surface area contributed by atoms with Crippen LogP contribution in [0.2, 0.25) is 0 Å². The smallest absolute Gasteiger partial charge is 0.305 e. The fraction of sp³-hybridized carbons (Fsp3) is 0.500. The predicted molar refractivity (Wildman–Crippen MR) is 85.2 cm³/mol. The summed E-state index contributed by atoms with van der Waals surface area (Å²) in [5.74, 6) is -0.810. The summed E-state index contributed by atoms with van der Waals surface area (Å²) in [6.45, 7) is 4.80. The minimum absolute atomic E-state index is 0.104. The zero-order valence-corrected chi connectivity index (χ0v) is 13.7. The molecular weight excluding hydrogens is 302 g/mol. The highest BCUT2D eigenvalue weighted by Gasteiger charge is 2.38. The van der Waals surface area contributed by atoms with Crippen LogP contribution in [0, 0.1) is 13.8 Å². The Labute approximate surface area is 134 Å². The van der Waals surface area contributed by atoms with Crippen LogP contribution in [-0.2, 0) is 14.3 Å². The monoisotopic (exact) mass is 323 g/mol. The van der Waals surface area contributed by atoms with E-state index in [4.69, 9.17) is 9.84 Å². The molecule has 6 heteroatoms. The number of ether oxygens (including phenoxy) is 1. The summed E-state index contributed by atoms with van der Waals surface area (Å²) in [6, 6.07) is 6.11. The first kappa shape index (κ1) is 16.8. The van der Waals surface area contributed by atoms with Crippen molar-refractivity contribution in [2.45, 2.75) is 37.1 Å². The number of hydrogen-bond donors (Lipinski definition) is 2. The number of carbonyl (C=O) groups excluding carboxylic acids is 1. The van der Waals surface area contributed by atoms with Crippen molar-refractivity contribution in [3.05, 3.63) is 29.3 Å². The van der Waals surface area contributed by atoms with E-state index in [0.29, 0.717) is 13.0 Å². The molecule has 1 aliphatic heterocycles. The third kappa shape index (κ3) is 4.48. The molecule has 1 atom stereocenters. The van der Waals surface area contributed by atoms with Gasteiger partial charge in [-0.1, -0.05) is 17.7 Å². The molecule has 0 saturated carbocycles. The lowest BCUT2D eigenvalue weighted by Gasteiger charge is -2.26. The zero-order valence-electron chi connectivity index (χ0n) is 12.8. The summed E-state index contributed by atoms with van der Waals surface area (Å²) in [4.78, 5) is 24.2. The first-order valence-corrected chi connectivity index (χ1v) is 8.19. The number of thioether (sulfide) groups is 1. The molecule has 22 heavy (non-hydrogen) atoms. The number of carbonyl (C=O) groups is 2. The van der Waals surface area contributed by atoms with Gasteiger partial charge < -0.3 is 15.2 Å². The third-order valence-corrected chi connectivity index (χ3v) is 4.86. The number of aryl methyl sites for hydroxylation is 2. The van der Waals surface area contributed by atoms with Crippen LogP contribution in [0.5, 0.6) is 0 Å². The number of hydrogen-bond acceptors (Lipinski definition) is 4. The van der Waals surface area contributed by atoms with Gasteiger partial charge in [0.25, 0.3) is 0 Å². The summed E-state index contributed by atoms with van der Waals surface area (Å²) in [7, 11) is 0. The lowest BCUT2D eigenvalue weighted by Crippen LogP contribution is -2.51. The maximum absolute atomic E-state index is 12.2. The van der Waals surface area contributed by atoms with Gasteiger partial charge in [0.2, 0.25) is 5.91 Å². The van der Waals surface area contributed by atoms with Gasteiger partial charge in [-0.25, -0.2) is 0 Å². The molecule has 0 aromatic heterocycles. The second kappa shape index (κ2) is 7.15. The number of carboxylic acid groups (broad SMARTS) is 1. The van der Waals surface area contributed by atoms with Crippen LogP contribution >= 0.6 is 11.8 Å². The molecule has 0 spiro atoms. The first-order valence-electron chi connectivity index (χ1n) is 7.21. The minimum atomic E-state index is -0.923. The van der Waals surface area contributed by atoms with Gasteiger partial charge in [-0.05, 0) is 31.9 Å². The number of nitrogens with one attached hydrogen (secondary N) is 1. The van der Waals surface area contributed by atoms with Crippen LogP contribution in [0.15, 0.2) is 23.1 Å². The van der Waals surface area contributed by atoms with Gasteiger partial charge in [-0.2, -0.15) is 0 Å². The Morgan fingerprint density at radius 3 is 2.77 bits per heavy atom. The molecule has 1 heterocycles. The molecule has 1 unspecified atom stereocenters. The molecule has 1 fully saturated rings. The van der Waals surface area contributed by atoms with E-state index in [1.807, 2.05) is 26.0 Å². The topological polar surface area (TPSA) is 75.6 Å². The normalized spacial score (nSPS) is 20.8. The maximum Gasteiger partial charge on any atom is 0.305 e. The summed E-state index contributed by atoms with van der Waals surface area (Å²) in [5.41, 5.74) is 1.57. The fourth-order valence-corrected chi connectivity index (χ4v) is 3.42. The number of benzene rings is 1. The highest BCUT2D eigenvalue weighted by molar-refractivity contribution is 8.00. The van der Waals surface area contributed by atoms with Crippen LogP contribution < -0.4 is 5.32 Å². The molecule has 2 rings (SSSR count). The molecule has 1 saturated heterocycles. The zero-order chi connectivity index (χ0) is 16.2.